The molecule has 1 aromatic rings. The summed E-state index contributed by atoms with van der Waals surface area (Å²) in [6, 6.07) is 4.80. The molecular weight excluding hydrogens is 290 g/mol. The van der Waals surface area contributed by atoms with Gasteiger partial charge in [0, 0.05) is 5.56 Å². The molecule has 0 amide bonds. The van der Waals surface area contributed by atoms with E-state index in [1.807, 2.05) is 0 Å². The Balaban J connectivity index is 2.28. The summed E-state index contributed by atoms with van der Waals surface area (Å²) >= 11 is 0. The number of carbonyl (C=O) groups excluding carboxylic acids is 1. The Kier molecular flexibility index (Phi) is 4.88. The Morgan fingerprint density at radius 3 is 2.48 bits per heavy atom. The van der Waals surface area contributed by atoms with Gasteiger partial charge in [-0.15, -0.1) is 0 Å². The first-order valence-corrected chi connectivity index (χ1v) is 9.04. The molecule has 1 aliphatic carbocycles. The third-order valence-electron chi connectivity index (χ3n) is 3.53. The lowest BCUT2D eigenvalue weighted by Crippen LogP contribution is -2.21. The van der Waals surface area contributed by atoms with Crippen LogP contribution in [0.1, 0.15) is 49.4 Å². The van der Waals surface area contributed by atoms with Crippen LogP contribution < -0.4 is 9.46 Å². The van der Waals surface area contributed by atoms with E-state index in [2.05, 4.69) is 4.72 Å². The highest BCUT2D eigenvalue weighted by molar-refractivity contribution is 7.92. The number of sulfonamides is 1. The summed E-state index contributed by atoms with van der Waals surface area (Å²) in [7, 11) is -3.39. The van der Waals surface area contributed by atoms with Crippen molar-refractivity contribution in [2.75, 3.05) is 11.0 Å². The molecule has 0 bridgehead atoms. The molecule has 0 saturated heterocycles. The molecule has 116 valence electrons. The second kappa shape index (κ2) is 6.47. The number of ketones is 1. The van der Waals surface area contributed by atoms with Gasteiger partial charge in [0.1, 0.15) is 5.75 Å². The monoisotopic (exact) mass is 311 g/mol. The Labute approximate surface area is 125 Å². The van der Waals surface area contributed by atoms with E-state index in [4.69, 9.17) is 4.74 Å². The maximum atomic E-state index is 11.5. The van der Waals surface area contributed by atoms with Crippen LogP contribution >= 0.6 is 0 Å². The first-order valence-electron chi connectivity index (χ1n) is 7.14. The molecule has 0 heterocycles. The minimum absolute atomic E-state index is 0.0746. The van der Waals surface area contributed by atoms with Gasteiger partial charge < -0.3 is 4.74 Å². The van der Waals surface area contributed by atoms with Gasteiger partial charge in [-0.1, -0.05) is 6.42 Å². The average Bonchev–Trinajstić information content (AvgIpc) is 2.40. The number of hydrogen-bond donors (Lipinski definition) is 1. The Bertz CT molecular complexity index is 619. The second-order valence-corrected chi connectivity index (χ2v) is 7.27. The van der Waals surface area contributed by atoms with Crippen molar-refractivity contribution in [2.24, 2.45) is 0 Å². The molecule has 0 aromatic heterocycles. The first kappa shape index (κ1) is 15.8. The summed E-state index contributed by atoms with van der Waals surface area (Å²) in [6.07, 6.45) is 6.54. The molecule has 2 rings (SSSR count). The molecule has 6 heteroatoms. The largest absolute Gasteiger partial charge is 0.488 e. The van der Waals surface area contributed by atoms with E-state index in [-0.39, 0.29) is 11.9 Å². The van der Waals surface area contributed by atoms with Gasteiger partial charge in [-0.25, -0.2) is 8.42 Å². The predicted molar refractivity (Wildman–Crippen MR) is 82.4 cm³/mol. The number of anilines is 1. The van der Waals surface area contributed by atoms with Crippen LogP contribution in [0.4, 0.5) is 5.69 Å². The minimum Gasteiger partial charge on any atom is -0.488 e. The van der Waals surface area contributed by atoms with Crippen molar-refractivity contribution in [3.8, 4) is 5.75 Å². The highest BCUT2D eigenvalue weighted by atomic mass is 32.2. The fourth-order valence-corrected chi connectivity index (χ4v) is 3.05. The predicted octanol–water partition coefficient (Wildman–Crippen LogP) is 2.97. The lowest BCUT2D eigenvalue weighted by atomic mass is 9.98. The fourth-order valence-electron chi connectivity index (χ4n) is 2.49. The molecule has 0 spiro atoms. The van der Waals surface area contributed by atoms with E-state index in [0.29, 0.717) is 17.0 Å². The average molecular weight is 311 g/mol. The van der Waals surface area contributed by atoms with Crippen LogP contribution in [0.5, 0.6) is 5.75 Å². The number of carbonyl (C=O) groups is 1. The SMILES string of the molecule is CC(=O)c1ccc(NS(C)(=O)=O)c(OC2CCCCC2)c1. The van der Waals surface area contributed by atoms with Gasteiger partial charge in [-0.2, -0.15) is 0 Å². The van der Waals surface area contributed by atoms with E-state index in [0.717, 1.165) is 31.9 Å². The lowest BCUT2D eigenvalue weighted by molar-refractivity contribution is 0.101. The molecule has 5 nitrogen and oxygen atoms in total. The zero-order valence-electron chi connectivity index (χ0n) is 12.4. The lowest BCUT2D eigenvalue weighted by Gasteiger charge is -2.24. The molecule has 21 heavy (non-hydrogen) atoms. The van der Waals surface area contributed by atoms with Crippen molar-refractivity contribution in [3.63, 3.8) is 0 Å². The van der Waals surface area contributed by atoms with Crippen LogP contribution in [-0.4, -0.2) is 26.6 Å². The number of rotatable bonds is 5. The van der Waals surface area contributed by atoms with Crippen molar-refractivity contribution in [3.05, 3.63) is 23.8 Å². The van der Waals surface area contributed by atoms with Crippen molar-refractivity contribution in [2.45, 2.75) is 45.1 Å². The van der Waals surface area contributed by atoms with Gasteiger partial charge in [-0.3, -0.25) is 9.52 Å². The normalized spacial score (nSPS) is 16.5. The minimum atomic E-state index is -3.39. The van der Waals surface area contributed by atoms with Crippen LogP contribution in [0.2, 0.25) is 0 Å². The Hall–Kier alpha value is -1.56. The molecule has 0 radical (unpaired) electrons. The van der Waals surface area contributed by atoms with E-state index in [1.54, 1.807) is 18.2 Å². The third-order valence-corrected chi connectivity index (χ3v) is 4.12. The number of ether oxygens (including phenoxy) is 1. The molecule has 0 aliphatic heterocycles. The number of Topliss-reactive ketones (excluding diaryl/α,β-unsaturated/α-hetero) is 1. The Morgan fingerprint density at radius 2 is 1.90 bits per heavy atom. The summed E-state index contributed by atoms with van der Waals surface area (Å²) in [5.74, 6) is 0.356. The summed E-state index contributed by atoms with van der Waals surface area (Å²) in [6.45, 7) is 1.48. The quantitative estimate of drug-likeness (QED) is 0.849. The fraction of sp³-hybridized carbons (Fsp3) is 0.533. The van der Waals surface area contributed by atoms with E-state index >= 15 is 0 Å². The van der Waals surface area contributed by atoms with E-state index < -0.39 is 10.0 Å². The molecule has 1 aromatic carbocycles. The Morgan fingerprint density at radius 1 is 1.24 bits per heavy atom. The summed E-state index contributed by atoms with van der Waals surface area (Å²) < 4.78 is 31.2. The molecule has 0 atom stereocenters. The number of nitrogens with one attached hydrogen (secondary N) is 1. The summed E-state index contributed by atoms with van der Waals surface area (Å²) in [5, 5.41) is 0. The first-order chi connectivity index (χ1) is 9.85. The van der Waals surface area contributed by atoms with Crippen LogP contribution in [0, 0.1) is 0 Å². The van der Waals surface area contributed by atoms with Crippen molar-refractivity contribution < 1.29 is 17.9 Å². The van der Waals surface area contributed by atoms with Gasteiger partial charge in [0.2, 0.25) is 10.0 Å². The van der Waals surface area contributed by atoms with Crippen LogP contribution in [0.15, 0.2) is 18.2 Å². The molecular formula is C15H21NO4S. The number of hydrogen-bond acceptors (Lipinski definition) is 4. The van der Waals surface area contributed by atoms with Gasteiger partial charge in [-0.05, 0) is 50.8 Å². The molecule has 1 fully saturated rings. The molecule has 1 N–H and O–H groups in total. The summed E-state index contributed by atoms with van der Waals surface area (Å²) in [4.78, 5) is 11.5. The maximum absolute atomic E-state index is 11.5. The van der Waals surface area contributed by atoms with Gasteiger partial charge in [0.15, 0.2) is 5.78 Å². The van der Waals surface area contributed by atoms with Crippen LogP contribution in [-0.2, 0) is 10.0 Å². The zero-order valence-corrected chi connectivity index (χ0v) is 13.2. The standard InChI is InChI=1S/C15H21NO4S/c1-11(17)12-8-9-14(16-21(2,18)19)15(10-12)20-13-6-4-3-5-7-13/h8-10,13,16H,3-7H2,1-2H3. The van der Waals surface area contributed by atoms with Crippen molar-refractivity contribution in [1.29, 1.82) is 0 Å². The second-order valence-electron chi connectivity index (χ2n) is 5.52. The highest BCUT2D eigenvalue weighted by Gasteiger charge is 2.18. The van der Waals surface area contributed by atoms with E-state index in [1.165, 1.54) is 13.3 Å². The maximum Gasteiger partial charge on any atom is 0.229 e. The molecule has 1 saturated carbocycles. The van der Waals surface area contributed by atoms with Gasteiger partial charge in [0.25, 0.3) is 0 Å². The number of benzene rings is 1. The highest BCUT2D eigenvalue weighted by Crippen LogP contribution is 2.31. The van der Waals surface area contributed by atoms with Crippen LogP contribution in [0.3, 0.4) is 0 Å². The van der Waals surface area contributed by atoms with Gasteiger partial charge in [0.05, 0.1) is 18.0 Å². The smallest absolute Gasteiger partial charge is 0.229 e. The molecule has 1 aliphatic rings. The van der Waals surface area contributed by atoms with Crippen molar-refractivity contribution >= 4 is 21.5 Å². The summed E-state index contributed by atoms with van der Waals surface area (Å²) in [5.41, 5.74) is 0.896. The van der Waals surface area contributed by atoms with E-state index in [9.17, 15) is 13.2 Å². The van der Waals surface area contributed by atoms with Crippen LogP contribution in [0.25, 0.3) is 0 Å². The van der Waals surface area contributed by atoms with Gasteiger partial charge >= 0.3 is 0 Å². The van der Waals surface area contributed by atoms with Crippen molar-refractivity contribution in [1.82, 2.24) is 0 Å². The zero-order chi connectivity index (χ0) is 15.5. The molecule has 0 unspecified atom stereocenters. The third kappa shape index (κ3) is 4.74. The topological polar surface area (TPSA) is 72.5 Å².